The maximum Gasteiger partial charge on any atom is 0.252 e. The third-order valence-corrected chi connectivity index (χ3v) is 2.82. The van der Waals surface area contributed by atoms with E-state index in [1.54, 1.807) is 18.2 Å². The summed E-state index contributed by atoms with van der Waals surface area (Å²) in [4.78, 5) is 12.0. The number of carbonyl (C=O) groups is 1. The SMILES string of the molecule is CCC(NC(=O)c1ccc2c(c1)OCO2)/C(N)=N/O. The minimum absolute atomic E-state index is 0.0309. The van der Waals surface area contributed by atoms with Crippen molar-refractivity contribution in [3.8, 4) is 11.5 Å². The molecular formula is C12H15N3O4. The minimum atomic E-state index is -0.511. The molecule has 0 fully saturated rings. The second-order valence-corrected chi connectivity index (χ2v) is 4.03. The van der Waals surface area contributed by atoms with Crippen LogP contribution in [0.25, 0.3) is 0 Å². The number of hydrogen-bond donors (Lipinski definition) is 3. The van der Waals surface area contributed by atoms with Gasteiger partial charge in [0.2, 0.25) is 6.79 Å². The van der Waals surface area contributed by atoms with E-state index < -0.39 is 6.04 Å². The number of hydrogen-bond acceptors (Lipinski definition) is 5. The first-order valence-electron chi connectivity index (χ1n) is 5.83. The lowest BCUT2D eigenvalue weighted by molar-refractivity contribution is 0.0945. The summed E-state index contributed by atoms with van der Waals surface area (Å²) in [6.45, 7) is 1.98. The van der Waals surface area contributed by atoms with Gasteiger partial charge in [-0.1, -0.05) is 12.1 Å². The summed E-state index contributed by atoms with van der Waals surface area (Å²) < 4.78 is 10.4. The summed E-state index contributed by atoms with van der Waals surface area (Å²) in [6.07, 6.45) is 0.520. The highest BCUT2D eigenvalue weighted by atomic mass is 16.7. The van der Waals surface area contributed by atoms with Crippen LogP contribution >= 0.6 is 0 Å². The summed E-state index contributed by atoms with van der Waals surface area (Å²) in [5.74, 6) is 0.790. The minimum Gasteiger partial charge on any atom is -0.454 e. The molecule has 7 heteroatoms. The number of oxime groups is 1. The molecule has 1 aromatic rings. The highest BCUT2D eigenvalue weighted by molar-refractivity contribution is 5.98. The van der Waals surface area contributed by atoms with Crippen molar-refractivity contribution in [2.75, 3.05) is 6.79 Å². The Morgan fingerprint density at radius 2 is 2.26 bits per heavy atom. The van der Waals surface area contributed by atoms with Gasteiger partial charge in [0.05, 0.1) is 6.04 Å². The van der Waals surface area contributed by atoms with Crippen LogP contribution in [0, 0.1) is 0 Å². The molecule has 1 aliphatic heterocycles. The first kappa shape index (κ1) is 13.0. The molecule has 0 bridgehead atoms. The second kappa shape index (κ2) is 5.47. The van der Waals surface area contributed by atoms with Crippen LogP contribution in [0.2, 0.25) is 0 Å². The molecule has 0 saturated carbocycles. The molecule has 1 atom stereocenters. The average molecular weight is 265 g/mol. The number of amidine groups is 1. The molecule has 0 aromatic heterocycles. The van der Waals surface area contributed by atoms with Gasteiger partial charge in [-0.05, 0) is 24.6 Å². The second-order valence-electron chi connectivity index (χ2n) is 4.03. The zero-order chi connectivity index (χ0) is 13.8. The topological polar surface area (TPSA) is 106 Å². The first-order valence-corrected chi connectivity index (χ1v) is 5.83. The fourth-order valence-electron chi connectivity index (χ4n) is 1.73. The van der Waals surface area contributed by atoms with Gasteiger partial charge in [0.15, 0.2) is 17.3 Å². The van der Waals surface area contributed by atoms with E-state index in [0.29, 0.717) is 23.5 Å². The van der Waals surface area contributed by atoms with E-state index in [1.807, 2.05) is 6.92 Å². The number of nitrogens with two attached hydrogens (primary N) is 1. The van der Waals surface area contributed by atoms with Gasteiger partial charge in [-0.3, -0.25) is 4.79 Å². The summed E-state index contributed by atoms with van der Waals surface area (Å²) >= 11 is 0. The molecule has 0 aliphatic carbocycles. The summed E-state index contributed by atoms with van der Waals surface area (Å²) in [6, 6.07) is 4.38. The zero-order valence-corrected chi connectivity index (χ0v) is 10.4. The maximum atomic E-state index is 12.0. The zero-order valence-electron chi connectivity index (χ0n) is 10.4. The van der Waals surface area contributed by atoms with Gasteiger partial charge in [-0.25, -0.2) is 0 Å². The van der Waals surface area contributed by atoms with Gasteiger partial charge in [0.25, 0.3) is 5.91 Å². The van der Waals surface area contributed by atoms with Crippen LogP contribution in [0.3, 0.4) is 0 Å². The number of benzene rings is 1. The molecule has 1 heterocycles. The largest absolute Gasteiger partial charge is 0.454 e. The highest BCUT2D eigenvalue weighted by Crippen LogP contribution is 2.32. The molecule has 0 radical (unpaired) electrons. The Morgan fingerprint density at radius 1 is 1.53 bits per heavy atom. The molecule has 1 amide bonds. The Hall–Kier alpha value is -2.44. The molecule has 1 unspecified atom stereocenters. The molecule has 1 aromatic carbocycles. The van der Waals surface area contributed by atoms with Gasteiger partial charge in [-0.15, -0.1) is 0 Å². The number of carbonyl (C=O) groups excluding carboxylic acids is 1. The molecule has 102 valence electrons. The maximum absolute atomic E-state index is 12.0. The van der Waals surface area contributed by atoms with Crippen LogP contribution in [0.15, 0.2) is 23.4 Å². The average Bonchev–Trinajstić information content (AvgIpc) is 2.90. The number of nitrogens with one attached hydrogen (secondary N) is 1. The van der Waals surface area contributed by atoms with Crippen molar-refractivity contribution >= 4 is 11.7 Å². The number of amides is 1. The Kier molecular flexibility index (Phi) is 3.74. The standard InChI is InChI=1S/C12H15N3O4/c1-2-8(11(13)15-17)14-12(16)7-3-4-9-10(5-7)19-6-18-9/h3-5,8,17H,2,6H2,1H3,(H2,13,15)(H,14,16). The van der Waals surface area contributed by atoms with Crippen LogP contribution in [0.5, 0.6) is 11.5 Å². The van der Waals surface area contributed by atoms with E-state index in [9.17, 15) is 4.79 Å². The molecule has 2 rings (SSSR count). The summed E-state index contributed by atoms with van der Waals surface area (Å²) in [5.41, 5.74) is 5.91. The predicted molar refractivity (Wildman–Crippen MR) is 67.5 cm³/mol. The molecule has 0 spiro atoms. The van der Waals surface area contributed by atoms with Gasteiger partial charge in [0.1, 0.15) is 0 Å². The van der Waals surface area contributed by atoms with E-state index in [1.165, 1.54) is 0 Å². The van der Waals surface area contributed by atoms with Crippen molar-refractivity contribution in [3.05, 3.63) is 23.8 Å². The third kappa shape index (κ3) is 2.70. The summed E-state index contributed by atoms with van der Waals surface area (Å²) in [5, 5.41) is 14.2. The van der Waals surface area contributed by atoms with Crippen LogP contribution in [0.4, 0.5) is 0 Å². The number of ether oxygens (including phenoxy) is 2. The smallest absolute Gasteiger partial charge is 0.252 e. The van der Waals surface area contributed by atoms with E-state index >= 15 is 0 Å². The van der Waals surface area contributed by atoms with Crippen molar-refractivity contribution in [1.29, 1.82) is 0 Å². The van der Waals surface area contributed by atoms with Crippen molar-refractivity contribution in [2.24, 2.45) is 10.9 Å². The Labute approximate surface area is 110 Å². The van der Waals surface area contributed by atoms with E-state index in [-0.39, 0.29) is 18.5 Å². The quantitative estimate of drug-likeness (QED) is 0.321. The van der Waals surface area contributed by atoms with Crippen molar-refractivity contribution in [2.45, 2.75) is 19.4 Å². The fourth-order valence-corrected chi connectivity index (χ4v) is 1.73. The lowest BCUT2D eigenvalue weighted by Gasteiger charge is -2.15. The molecule has 19 heavy (non-hydrogen) atoms. The van der Waals surface area contributed by atoms with Gasteiger partial charge in [0, 0.05) is 5.56 Å². The Morgan fingerprint density at radius 3 is 2.95 bits per heavy atom. The molecular weight excluding hydrogens is 250 g/mol. The molecule has 0 saturated heterocycles. The van der Waals surface area contributed by atoms with Crippen LogP contribution in [0.1, 0.15) is 23.7 Å². The monoisotopic (exact) mass is 265 g/mol. The van der Waals surface area contributed by atoms with Crippen LogP contribution in [-0.4, -0.2) is 29.8 Å². The number of rotatable bonds is 4. The number of fused-ring (bicyclic) bond motifs is 1. The Balaban J connectivity index is 2.11. The van der Waals surface area contributed by atoms with Crippen LogP contribution < -0.4 is 20.5 Å². The lowest BCUT2D eigenvalue weighted by atomic mass is 10.1. The molecule has 1 aliphatic rings. The van der Waals surface area contributed by atoms with E-state index in [4.69, 9.17) is 20.4 Å². The summed E-state index contributed by atoms with van der Waals surface area (Å²) in [7, 11) is 0. The van der Waals surface area contributed by atoms with Gasteiger partial charge < -0.3 is 25.7 Å². The fraction of sp³-hybridized carbons (Fsp3) is 0.333. The Bertz CT molecular complexity index is 516. The molecule has 7 nitrogen and oxygen atoms in total. The van der Waals surface area contributed by atoms with Crippen LogP contribution in [-0.2, 0) is 0 Å². The normalized spacial score (nSPS) is 15.1. The van der Waals surface area contributed by atoms with E-state index in [2.05, 4.69) is 10.5 Å². The molecule has 4 N–H and O–H groups in total. The van der Waals surface area contributed by atoms with Crippen molar-refractivity contribution in [3.63, 3.8) is 0 Å². The predicted octanol–water partition coefficient (Wildman–Crippen LogP) is 0.670. The number of nitrogens with zero attached hydrogens (tertiary/aromatic N) is 1. The highest BCUT2D eigenvalue weighted by Gasteiger charge is 2.19. The van der Waals surface area contributed by atoms with Crippen molar-refractivity contribution < 1.29 is 19.5 Å². The third-order valence-electron chi connectivity index (χ3n) is 2.82. The van der Waals surface area contributed by atoms with E-state index in [0.717, 1.165) is 0 Å². The lowest BCUT2D eigenvalue weighted by Crippen LogP contribution is -2.44. The van der Waals surface area contributed by atoms with Crippen molar-refractivity contribution in [1.82, 2.24) is 5.32 Å². The van der Waals surface area contributed by atoms with Gasteiger partial charge in [-0.2, -0.15) is 0 Å². The van der Waals surface area contributed by atoms with Gasteiger partial charge >= 0.3 is 0 Å². The first-order chi connectivity index (χ1) is 9.15.